The Morgan fingerprint density at radius 3 is 1.67 bits per heavy atom. The molecule has 42 heavy (non-hydrogen) atoms. The third-order valence-electron chi connectivity index (χ3n) is 7.43. The van der Waals surface area contributed by atoms with Crippen LogP contribution in [0.4, 0.5) is 0 Å². The maximum Gasteiger partial charge on any atom is 0.342 e. The number of H-pyrrole nitrogens is 2. The fourth-order valence-electron chi connectivity index (χ4n) is 5.49. The molecule has 0 aliphatic carbocycles. The van der Waals surface area contributed by atoms with Crippen molar-refractivity contribution in [2.45, 2.75) is 0 Å². The average Bonchev–Trinajstić information content (AvgIpc) is 3.85. The summed E-state index contributed by atoms with van der Waals surface area (Å²) in [6.07, 6.45) is 8.30. The molecule has 0 unspecified atom stereocenters. The van der Waals surface area contributed by atoms with Crippen LogP contribution in [0.1, 0.15) is 43.5 Å². The van der Waals surface area contributed by atoms with Gasteiger partial charge in [-0.2, -0.15) is 0 Å². The fourth-order valence-corrected chi connectivity index (χ4v) is 5.49. The molecule has 0 radical (unpaired) electrons. The summed E-state index contributed by atoms with van der Waals surface area (Å²) in [6.45, 7) is 0. The Labute approximate surface area is 240 Å². The number of nitrogens with zero attached hydrogens (tertiary/aromatic N) is 2. The van der Waals surface area contributed by atoms with E-state index in [-0.39, 0.29) is 0 Å². The van der Waals surface area contributed by atoms with E-state index in [1.807, 2.05) is 109 Å². The molecule has 0 atom stereocenters. The summed E-state index contributed by atoms with van der Waals surface area (Å²) in [5, 5.41) is 0. The van der Waals surface area contributed by atoms with Crippen molar-refractivity contribution in [1.82, 2.24) is 19.9 Å². The van der Waals surface area contributed by atoms with Crippen LogP contribution < -0.4 is 0 Å². The smallest absolute Gasteiger partial charge is 0.342 e. The summed E-state index contributed by atoms with van der Waals surface area (Å²) < 4.78 is 5.22. The summed E-state index contributed by atoms with van der Waals surface area (Å²) in [4.78, 5) is 42.4. The molecule has 0 amide bonds. The van der Waals surface area contributed by atoms with Gasteiger partial charge < -0.3 is 14.7 Å². The second-order valence-corrected chi connectivity index (χ2v) is 9.88. The number of benzene rings is 2. The first kappa shape index (κ1) is 25.2. The van der Waals surface area contributed by atoms with Gasteiger partial charge >= 0.3 is 5.97 Å². The third kappa shape index (κ3) is 4.24. The van der Waals surface area contributed by atoms with E-state index in [1.165, 1.54) is 7.11 Å². The average molecular weight is 549 g/mol. The van der Waals surface area contributed by atoms with Crippen LogP contribution in [0.3, 0.4) is 0 Å². The number of ether oxygens (including phenoxy) is 1. The Morgan fingerprint density at radius 1 is 0.619 bits per heavy atom. The molecule has 3 aromatic heterocycles. The van der Waals surface area contributed by atoms with E-state index in [9.17, 15) is 9.59 Å². The highest BCUT2D eigenvalue weighted by Gasteiger charge is 2.20. The van der Waals surface area contributed by atoms with Crippen LogP contribution in [-0.4, -0.2) is 39.3 Å². The number of rotatable bonds is 4. The minimum Gasteiger partial charge on any atom is -0.465 e. The van der Waals surface area contributed by atoms with Crippen molar-refractivity contribution in [3.05, 3.63) is 119 Å². The minimum atomic E-state index is -0.502. The Balaban J connectivity index is 1.69. The van der Waals surface area contributed by atoms with Crippen LogP contribution in [0.2, 0.25) is 0 Å². The highest BCUT2D eigenvalue weighted by atomic mass is 16.5. The quantitative estimate of drug-likeness (QED) is 0.174. The summed E-state index contributed by atoms with van der Waals surface area (Å²) in [6, 6.07) is 27.3. The van der Waals surface area contributed by atoms with E-state index in [0.717, 1.165) is 39.6 Å². The van der Waals surface area contributed by atoms with E-state index in [1.54, 1.807) is 0 Å². The van der Waals surface area contributed by atoms with Crippen LogP contribution in [0.15, 0.2) is 84.9 Å². The molecular formula is C35H24N4O3. The lowest BCUT2D eigenvalue weighted by Gasteiger charge is -2.05. The van der Waals surface area contributed by atoms with Gasteiger partial charge in [0.25, 0.3) is 0 Å². The monoisotopic (exact) mass is 548 g/mol. The zero-order chi connectivity index (χ0) is 28.6. The molecule has 202 valence electrons. The first-order valence-corrected chi connectivity index (χ1v) is 13.4. The second-order valence-electron chi connectivity index (χ2n) is 9.88. The van der Waals surface area contributed by atoms with E-state index >= 15 is 0 Å². The number of esters is 1. The molecule has 2 N–H and O–H groups in total. The van der Waals surface area contributed by atoms with Gasteiger partial charge in [0.05, 0.1) is 46.5 Å². The SMILES string of the molecule is COC(=O)c1c2nc(c(-c3ccccc3)c3ccc([nH]3)c(C=O)c3nc(c(-c4ccccc4)c4ccc1[nH]4)C=C3)C=C2. The molecule has 7 nitrogen and oxygen atoms in total. The summed E-state index contributed by atoms with van der Waals surface area (Å²) in [5.41, 5.74) is 9.43. The maximum atomic E-state index is 13.2. The van der Waals surface area contributed by atoms with Gasteiger partial charge in [-0.3, -0.25) is 4.79 Å². The van der Waals surface area contributed by atoms with Crippen LogP contribution >= 0.6 is 0 Å². The number of carbonyl (C=O) groups excluding carboxylic acids is 2. The standard InChI is InChI=1S/C35H24N4O3/c1-42-35(41)34-30-18-16-28(38-30)32(21-8-4-2-5-9-21)26-14-12-24(36-26)23(20-40)25-13-15-27(37-25)33(22-10-6-3-7-11-22)29-17-19-31(34)39-29/h2-20,36,39H,1H3. The number of fused-ring (bicyclic) bond motifs is 8. The molecule has 0 spiro atoms. The zero-order valence-corrected chi connectivity index (χ0v) is 22.6. The molecule has 5 heterocycles. The summed E-state index contributed by atoms with van der Waals surface area (Å²) >= 11 is 0. The molecule has 7 heteroatoms. The Kier molecular flexibility index (Phi) is 6.17. The van der Waals surface area contributed by atoms with Gasteiger partial charge in [0, 0.05) is 22.2 Å². The molecule has 0 saturated carbocycles. The van der Waals surface area contributed by atoms with E-state index in [4.69, 9.17) is 14.7 Å². The van der Waals surface area contributed by atoms with Crippen LogP contribution in [0, 0.1) is 0 Å². The molecule has 5 aromatic rings. The van der Waals surface area contributed by atoms with Crippen LogP contribution in [-0.2, 0) is 4.74 Å². The number of aromatic nitrogens is 4. The fraction of sp³-hybridized carbons (Fsp3) is 0.0286. The molecule has 0 fully saturated rings. The molecule has 8 bridgehead atoms. The van der Waals surface area contributed by atoms with Crippen molar-refractivity contribution in [1.29, 1.82) is 0 Å². The molecule has 2 aliphatic heterocycles. The molecular weight excluding hydrogens is 524 g/mol. The number of hydrogen-bond donors (Lipinski definition) is 2. The second kappa shape index (κ2) is 10.3. The van der Waals surface area contributed by atoms with Crippen LogP contribution in [0.25, 0.3) is 68.6 Å². The lowest BCUT2D eigenvalue weighted by atomic mass is 10.0. The van der Waals surface area contributed by atoms with E-state index in [2.05, 4.69) is 9.97 Å². The number of aldehydes is 1. The van der Waals surface area contributed by atoms with Crippen molar-refractivity contribution in [2.24, 2.45) is 0 Å². The molecule has 2 aromatic carbocycles. The largest absolute Gasteiger partial charge is 0.465 e. The van der Waals surface area contributed by atoms with Gasteiger partial charge in [-0.05, 0) is 59.7 Å². The highest BCUT2D eigenvalue weighted by Crippen LogP contribution is 2.34. The van der Waals surface area contributed by atoms with Crippen molar-refractivity contribution < 1.29 is 14.3 Å². The lowest BCUT2D eigenvalue weighted by molar-refractivity contribution is 0.0602. The van der Waals surface area contributed by atoms with Crippen molar-refractivity contribution in [2.75, 3.05) is 7.11 Å². The van der Waals surface area contributed by atoms with Crippen molar-refractivity contribution in [3.63, 3.8) is 0 Å². The molecule has 0 saturated heterocycles. The summed E-state index contributed by atoms with van der Waals surface area (Å²) in [7, 11) is 1.36. The Hall–Kier alpha value is -5.82. The zero-order valence-electron chi connectivity index (χ0n) is 22.6. The van der Waals surface area contributed by atoms with Gasteiger partial charge in [0.2, 0.25) is 0 Å². The van der Waals surface area contributed by atoms with Gasteiger partial charge in [0.15, 0.2) is 6.29 Å². The number of carbonyl (C=O) groups is 2. The van der Waals surface area contributed by atoms with Crippen LogP contribution in [0.5, 0.6) is 0 Å². The molecule has 7 rings (SSSR count). The Morgan fingerprint density at radius 2 is 1.10 bits per heavy atom. The highest BCUT2D eigenvalue weighted by molar-refractivity contribution is 6.04. The lowest BCUT2D eigenvalue weighted by Crippen LogP contribution is -2.04. The third-order valence-corrected chi connectivity index (χ3v) is 7.43. The number of methoxy groups -OCH3 is 1. The number of aromatic amines is 2. The van der Waals surface area contributed by atoms with E-state index < -0.39 is 5.97 Å². The van der Waals surface area contributed by atoms with Gasteiger partial charge in [-0.25, -0.2) is 14.8 Å². The topological polar surface area (TPSA) is 101 Å². The predicted octanol–water partition coefficient (Wildman–Crippen LogP) is 7.59. The molecule has 2 aliphatic rings. The van der Waals surface area contributed by atoms with Crippen molar-refractivity contribution in [3.8, 4) is 22.3 Å². The first-order chi connectivity index (χ1) is 20.6. The normalized spacial score (nSPS) is 11.9. The Bertz CT molecular complexity index is 2070. The van der Waals surface area contributed by atoms with Gasteiger partial charge in [-0.15, -0.1) is 0 Å². The van der Waals surface area contributed by atoms with Gasteiger partial charge in [-0.1, -0.05) is 60.7 Å². The van der Waals surface area contributed by atoms with E-state index in [0.29, 0.717) is 44.9 Å². The van der Waals surface area contributed by atoms with Crippen molar-refractivity contribution >= 4 is 58.6 Å². The van der Waals surface area contributed by atoms with Gasteiger partial charge in [0.1, 0.15) is 5.56 Å². The first-order valence-electron chi connectivity index (χ1n) is 13.4. The minimum absolute atomic E-state index is 0.321. The summed E-state index contributed by atoms with van der Waals surface area (Å²) in [5.74, 6) is -0.502. The maximum absolute atomic E-state index is 13.2. The number of hydrogen-bond acceptors (Lipinski definition) is 5. The predicted molar refractivity (Wildman–Crippen MR) is 166 cm³/mol. The number of nitrogens with one attached hydrogen (secondary N) is 2.